The van der Waals surface area contributed by atoms with Crippen molar-refractivity contribution in [2.24, 2.45) is 10.8 Å². The number of allylic oxidation sites excluding steroid dienone is 1. The molecule has 0 fully saturated rings. The van der Waals surface area contributed by atoms with E-state index in [9.17, 15) is 4.79 Å². The molecule has 5 heteroatoms. The van der Waals surface area contributed by atoms with E-state index in [0.717, 1.165) is 28.9 Å². The highest BCUT2D eigenvalue weighted by atomic mass is 16.1. The van der Waals surface area contributed by atoms with Gasteiger partial charge in [-0.3, -0.25) is 9.80 Å². The molecule has 5 nitrogen and oxygen atoms in total. The second-order valence-electron chi connectivity index (χ2n) is 7.44. The summed E-state index contributed by atoms with van der Waals surface area (Å²) in [7, 11) is 0. The molecular weight excluding hydrogens is 396 g/mol. The Kier molecular flexibility index (Phi) is 6.24. The molecule has 0 saturated carbocycles. The monoisotopic (exact) mass is 418 g/mol. The minimum absolute atomic E-state index is 0.0764. The van der Waals surface area contributed by atoms with E-state index in [1.165, 1.54) is 11.6 Å². The van der Waals surface area contributed by atoms with Crippen molar-refractivity contribution < 1.29 is 4.79 Å². The summed E-state index contributed by atoms with van der Waals surface area (Å²) < 4.78 is 0. The van der Waals surface area contributed by atoms with E-state index >= 15 is 0 Å². The number of nitrogens with two attached hydrogens (primary N) is 1. The predicted molar refractivity (Wildman–Crippen MR) is 128 cm³/mol. The molecule has 1 aliphatic rings. The van der Waals surface area contributed by atoms with Crippen LogP contribution < -0.4 is 10.7 Å². The highest BCUT2D eigenvalue weighted by molar-refractivity contribution is 6.01. The number of hydrogen-bond donors (Lipinski definition) is 1. The van der Waals surface area contributed by atoms with Gasteiger partial charge >= 0.3 is 0 Å². The Balaban J connectivity index is 1.63. The van der Waals surface area contributed by atoms with Crippen LogP contribution in [0.3, 0.4) is 0 Å². The molecule has 0 bridgehead atoms. The van der Waals surface area contributed by atoms with Crippen LogP contribution in [-0.2, 0) is 4.79 Å². The quantitative estimate of drug-likeness (QED) is 0.447. The Morgan fingerprint density at radius 3 is 2.22 bits per heavy atom. The number of nitriles is 1. The first-order chi connectivity index (χ1) is 15.6. The van der Waals surface area contributed by atoms with Crippen molar-refractivity contribution in [3.05, 3.63) is 113 Å². The fraction of sp³-hybridized carbons (Fsp3) is 0.0741. The Hall–Kier alpha value is -4.43. The predicted octanol–water partition coefficient (Wildman–Crippen LogP) is 5.10. The van der Waals surface area contributed by atoms with E-state index in [1.807, 2.05) is 71.7 Å². The first-order valence-electron chi connectivity index (χ1n) is 10.3. The van der Waals surface area contributed by atoms with E-state index in [0.29, 0.717) is 0 Å². The number of benzene rings is 3. The molecule has 0 aromatic heterocycles. The second kappa shape index (κ2) is 9.59. The number of nitrogens with zero attached hydrogens (tertiary/aromatic N) is 3. The van der Waals surface area contributed by atoms with Crippen LogP contribution in [0.15, 0.2) is 102 Å². The van der Waals surface area contributed by atoms with Crippen LogP contribution in [0.5, 0.6) is 0 Å². The van der Waals surface area contributed by atoms with Gasteiger partial charge in [-0.05, 0) is 41.0 Å². The number of hydrogen-bond acceptors (Lipinski definition) is 4. The van der Waals surface area contributed by atoms with E-state index in [1.54, 1.807) is 0 Å². The zero-order chi connectivity index (χ0) is 22.3. The molecule has 32 heavy (non-hydrogen) atoms. The topological polar surface area (TPSA) is 82.5 Å². The van der Waals surface area contributed by atoms with Crippen LogP contribution in [-0.4, -0.2) is 11.6 Å². The van der Waals surface area contributed by atoms with E-state index in [4.69, 9.17) is 16.1 Å². The lowest BCUT2D eigenvalue weighted by atomic mass is 10.0. The normalized spacial score (nSPS) is 16.1. The van der Waals surface area contributed by atoms with Crippen molar-refractivity contribution in [3.8, 4) is 6.07 Å². The van der Waals surface area contributed by atoms with Crippen LogP contribution in [0.2, 0.25) is 0 Å². The molecule has 4 rings (SSSR count). The maximum Gasteiger partial charge on any atom is 0.259 e. The van der Waals surface area contributed by atoms with Gasteiger partial charge in [-0.25, -0.2) is 0 Å². The summed E-state index contributed by atoms with van der Waals surface area (Å²) in [5, 5.41) is 16.0. The molecule has 0 aliphatic carbocycles. The summed E-state index contributed by atoms with van der Waals surface area (Å²) in [6.45, 7) is 0. The summed E-state index contributed by atoms with van der Waals surface area (Å²) in [4.78, 5) is 11.3. The smallest absolute Gasteiger partial charge is 0.259 e. The number of primary amides is 1. The average molecular weight is 419 g/mol. The Bertz CT molecular complexity index is 1220. The minimum Gasteiger partial charge on any atom is -0.365 e. The first-order valence-corrected chi connectivity index (χ1v) is 10.3. The lowest BCUT2D eigenvalue weighted by molar-refractivity contribution is -0.114. The number of amides is 1. The maximum absolute atomic E-state index is 11.3. The Morgan fingerprint density at radius 1 is 0.938 bits per heavy atom. The third-order valence-corrected chi connectivity index (χ3v) is 5.24. The molecule has 1 heterocycles. The van der Waals surface area contributed by atoms with Crippen LogP contribution in [0.25, 0.3) is 12.2 Å². The van der Waals surface area contributed by atoms with Crippen molar-refractivity contribution in [3.63, 3.8) is 0 Å². The standard InChI is InChI=1S/C27H22N4O/c28-19-23(27(29)32)17-21-12-15-25(16-13-21)31-26(22-9-5-2-6-10-22)18-24(30-31)14-11-20-7-3-1-4-8-20/h1-17,26H,18H2,(H2,29,32)/b14-11+,23-17-. The van der Waals surface area contributed by atoms with Crippen molar-refractivity contribution >= 4 is 29.5 Å². The van der Waals surface area contributed by atoms with E-state index in [-0.39, 0.29) is 11.6 Å². The molecule has 1 aliphatic heterocycles. The van der Waals surface area contributed by atoms with Crippen molar-refractivity contribution in [1.29, 1.82) is 5.26 Å². The van der Waals surface area contributed by atoms with Gasteiger partial charge in [-0.2, -0.15) is 10.4 Å². The molecule has 1 amide bonds. The third kappa shape index (κ3) is 4.82. The summed E-state index contributed by atoms with van der Waals surface area (Å²) in [5.74, 6) is -0.736. The van der Waals surface area contributed by atoms with Gasteiger partial charge < -0.3 is 5.73 Å². The molecule has 0 spiro atoms. The fourth-order valence-electron chi connectivity index (χ4n) is 3.61. The number of carbonyl (C=O) groups excluding carboxylic acids is 1. The van der Waals surface area contributed by atoms with Crippen LogP contribution in [0.4, 0.5) is 5.69 Å². The molecule has 1 unspecified atom stereocenters. The third-order valence-electron chi connectivity index (χ3n) is 5.24. The van der Waals surface area contributed by atoms with Crippen LogP contribution >= 0.6 is 0 Å². The molecule has 0 radical (unpaired) electrons. The summed E-state index contributed by atoms with van der Waals surface area (Å²) >= 11 is 0. The molecular formula is C27H22N4O. The largest absolute Gasteiger partial charge is 0.365 e. The average Bonchev–Trinajstić information content (AvgIpc) is 3.27. The molecule has 3 aromatic carbocycles. The second-order valence-corrected chi connectivity index (χ2v) is 7.44. The molecule has 2 N–H and O–H groups in total. The SMILES string of the molecule is N#C/C(=C/c1ccc(N2N=C(/C=C/c3ccccc3)CC2c2ccccc2)cc1)C(N)=O. The number of rotatable bonds is 6. The highest BCUT2D eigenvalue weighted by Crippen LogP contribution is 2.35. The Morgan fingerprint density at radius 2 is 1.59 bits per heavy atom. The van der Waals surface area contributed by atoms with Gasteiger partial charge in [0.05, 0.1) is 17.4 Å². The van der Waals surface area contributed by atoms with Crippen molar-refractivity contribution in [2.45, 2.75) is 12.5 Å². The van der Waals surface area contributed by atoms with Gasteiger partial charge in [0.25, 0.3) is 5.91 Å². The zero-order valence-corrected chi connectivity index (χ0v) is 17.4. The van der Waals surface area contributed by atoms with Crippen LogP contribution in [0.1, 0.15) is 29.2 Å². The lowest BCUT2D eigenvalue weighted by Crippen LogP contribution is -2.18. The molecule has 156 valence electrons. The fourth-order valence-corrected chi connectivity index (χ4v) is 3.61. The summed E-state index contributed by atoms with van der Waals surface area (Å²) in [6, 6.07) is 29.9. The number of hydrazone groups is 1. The van der Waals surface area contributed by atoms with Gasteiger partial charge in [0.2, 0.25) is 0 Å². The summed E-state index contributed by atoms with van der Waals surface area (Å²) in [6.07, 6.45) is 6.41. The van der Waals surface area contributed by atoms with E-state index in [2.05, 4.69) is 36.4 Å². The maximum atomic E-state index is 11.3. The Labute approximate surface area is 187 Å². The molecule has 3 aromatic rings. The first kappa shape index (κ1) is 20.8. The number of anilines is 1. The van der Waals surface area contributed by atoms with Crippen molar-refractivity contribution in [1.82, 2.24) is 0 Å². The van der Waals surface area contributed by atoms with E-state index < -0.39 is 5.91 Å². The van der Waals surface area contributed by atoms with Gasteiger partial charge in [0, 0.05) is 6.42 Å². The minimum atomic E-state index is -0.736. The molecule has 0 saturated heterocycles. The molecule has 1 atom stereocenters. The van der Waals surface area contributed by atoms with Crippen LogP contribution in [0, 0.1) is 11.3 Å². The highest BCUT2D eigenvalue weighted by Gasteiger charge is 2.28. The van der Waals surface area contributed by atoms with Crippen molar-refractivity contribution in [2.75, 3.05) is 5.01 Å². The van der Waals surface area contributed by atoms with Gasteiger partial charge in [-0.1, -0.05) is 78.9 Å². The van der Waals surface area contributed by atoms with Gasteiger partial charge in [-0.15, -0.1) is 0 Å². The summed E-state index contributed by atoms with van der Waals surface area (Å²) in [5.41, 5.74) is 10.1. The zero-order valence-electron chi connectivity index (χ0n) is 17.4. The van der Waals surface area contributed by atoms with Gasteiger partial charge in [0.1, 0.15) is 11.6 Å². The lowest BCUT2D eigenvalue weighted by Gasteiger charge is -2.24. The number of carbonyl (C=O) groups is 1. The van der Waals surface area contributed by atoms with Gasteiger partial charge in [0.15, 0.2) is 0 Å².